The van der Waals surface area contributed by atoms with Gasteiger partial charge in [0.2, 0.25) is 0 Å². The highest BCUT2D eigenvalue weighted by molar-refractivity contribution is 7.16. The van der Waals surface area contributed by atoms with E-state index < -0.39 is 8.07 Å². The number of hydrogen-bond acceptors (Lipinski definition) is 0. The molecule has 0 saturated carbocycles. The quantitative estimate of drug-likeness (QED) is 0.336. The van der Waals surface area contributed by atoms with E-state index in [9.17, 15) is 0 Å². The Bertz CT molecular complexity index is 1190. The number of benzene rings is 3. The lowest BCUT2D eigenvalue weighted by Crippen LogP contribution is -2.71. The summed E-state index contributed by atoms with van der Waals surface area (Å²) in [6.07, 6.45) is 0. The van der Waals surface area contributed by atoms with E-state index in [1.807, 2.05) is 0 Å². The minimum absolute atomic E-state index is 0.446. The first-order chi connectivity index (χ1) is 15.2. The molecular weight excluding hydrogens is 400 g/mol. The first-order valence-electron chi connectivity index (χ1n) is 11.8. The zero-order valence-corrected chi connectivity index (χ0v) is 21.9. The molecule has 0 N–H and O–H groups in total. The van der Waals surface area contributed by atoms with Crippen LogP contribution >= 0.6 is 0 Å². The largest absolute Gasteiger partial charge is 0.177 e. The van der Waals surface area contributed by atoms with Gasteiger partial charge in [0.05, 0.1) is 0 Å². The van der Waals surface area contributed by atoms with Crippen molar-refractivity contribution in [3.8, 4) is 0 Å². The third-order valence-electron chi connectivity index (χ3n) is 8.27. The van der Waals surface area contributed by atoms with Gasteiger partial charge >= 0.3 is 0 Å². The van der Waals surface area contributed by atoms with E-state index in [4.69, 9.17) is 0 Å². The molecule has 0 heterocycles. The lowest BCUT2D eigenvalue weighted by Gasteiger charge is -2.41. The molecule has 0 bridgehead atoms. The van der Waals surface area contributed by atoms with Gasteiger partial charge in [-0.3, -0.25) is 0 Å². The van der Waals surface area contributed by atoms with Gasteiger partial charge in [0.15, 0.2) is 8.07 Å². The highest BCUT2D eigenvalue weighted by atomic mass is 28.3. The van der Waals surface area contributed by atoms with Crippen molar-refractivity contribution < 1.29 is 0 Å². The van der Waals surface area contributed by atoms with Crippen LogP contribution in [0.1, 0.15) is 49.9 Å². The predicted molar refractivity (Wildman–Crippen MR) is 143 cm³/mol. The summed E-state index contributed by atoms with van der Waals surface area (Å²) >= 11 is 0. The summed E-state index contributed by atoms with van der Waals surface area (Å²) in [6.45, 7) is 18.7. The van der Waals surface area contributed by atoms with Crippen molar-refractivity contribution in [2.24, 2.45) is 5.92 Å². The zero-order chi connectivity index (χ0) is 23.2. The summed E-state index contributed by atoms with van der Waals surface area (Å²) in [4.78, 5) is 0. The fraction of sp³-hybridized carbons (Fsp3) is 0.290. The van der Waals surface area contributed by atoms with E-state index in [1.165, 1.54) is 44.2 Å². The Morgan fingerprint density at radius 3 is 1.50 bits per heavy atom. The molecule has 0 spiro atoms. The van der Waals surface area contributed by atoms with Crippen molar-refractivity contribution in [2.45, 2.75) is 55.4 Å². The molecule has 164 valence electrons. The Labute approximate surface area is 195 Å². The Kier molecular flexibility index (Phi) is 5.90. The minimum Gasteiger partial charge on any atom is -0.0636 e. The Hall–Kier alpha value is -2.64. The number of rotatable bonds is 4. The van der Waals surface area contributed by atoms with E-state index in [2.05, 4.69) is 122 Å². The van der Waals surface area contributed by atoms with Crippen molar-refractivity contribution >= 4 is 23.6 Å². The SMILES string of the molecule is CC1=C(C)C(C)C([Si](c2ccccc2)(c2cccc(C)c2C)c2cccc(C)c2C)=C1C. The smallest absolute Gasteiger partial charge is 0.0636 e. The van der Waals surface area contributed by atoms with Crippen LogP contribution in [0.5, 0.6) is 0 Å². The van der Waals surface area contributed by atoms with Crippen molar-refractivity contribution in [1.82, 2.24) is 0 Å². The average Bonchev–Trinajstić information content (AvgIpc) is 2.98. The van der Waals surface area contributed by atoms with Gasteiger partial charge in [-0.05, 0) is 97.8 Å². The molecule has 1 heteroatoms. The van der Waals surface area contributed by atoms with Crippen LogP contribution in [0, 0.1) is 33.6 Å². The van der Waals surface area contributed by atoms with Crippen molar-refractivity contribution in [3.63, 3.8) is 0 Å². The van der Waals surface area contributed by atoms with Crippen LogP contribution in [0.2, 0.25) is 0 Å². The van der Waals surface area contributed by atoms with E-state index in [0.717, 1.165) is 0 Å². The molecule has 0 saturated heterocycles. The molecule has 0 nitrogen and oxygen atoms in total. The maximum Gasteiger partial charge on any atom is 0.177 e. The fourth-order valence-corrected chi connectivity index (χ4v) is 12.2. The molecule has 1 atom stereocenters. The molecule has 0 aliphatic heterocycles. The van der Waals surface area contributed by atoms with Crippen molar-refractivity contribution in [3.05, 3.63) is 111 Å². The topological polar surface area (TPSA) is 0 Å². The molecule has 4 rings (SSSR count). The lowest BCUT2D eigenvalue weighted by atomic mass is 10.1. The van der Waals surface area contributed by atoms with E-state index in [0.29, 0.717) is 5.92 Å². The third-order valence-corrected chi connectivity index (χ3v) is 13.8. The summed E-state index contributed by atoms with van der Waals surface area (Å²) in [5, 5.41) is 6.24. The van der Waals surface area contributed by atoms with Gasteiger partial charge < -0.3 is 0 Å². The molecular formula is C31H36Si. The summed E-state index contributed by atoms with van der Waals surface area (Å²) in [6, 6.07) is 25.3. The number of aryl methyl sites for hydroxylation is 2. The van der Waals surface area contributed by atoms with Crippen molar-refractivity contribution in [2.75, 3.05) is 0 Å². The van der Waals surface area contributed by atoms with Crippen LogP contribution in [0.25, 0.3) is 0 Å². The Balaban J connectivity index is 2.28. The summed E-state index contributed by atoms with van der Waals surface area (Å²) in [5.41, 5.74) is 10.2. The third kappa shape index (κ3) is 3.18. The Morgan fingerprint density at radius 2 is 1.06 bits per heavy atom. The van der Waals surface area contributed by atoms with Gasteiger partial charge in [0.25, 0.3) is 0 Å². The van der Waals surface area contributed by atoms with Crippen LogP contribution in [0.3, 0.4) is 0 Å². The van der Waals surface area contributed by atoms with Gasteiger partial charge in [-0.2, -0.15) is 0 Å². The van der Waals surface area contributed by atoms with Gasteiger partial charge in [0, 0.05) is 0 Å². The predicted octanol–water partition coefficient (Wildman–Crippen LogP) is 6.23. The molecule has 1 aliphatic rings. The van der Waals surface area contributed by atoms with E-state index in [1.54, 1.807) is 15.6 Å². The van der Waals surface area contributed by atoms with Crippen LogP contribution in [0.4, 0.5) is 0 Å². The molecule has 0 radical (unpaired) electrons. The highest BCUT2D eigenvalue weighted by Gasteiger charge is 2.49. The molecule has 1 aliphatic carbocycles. The van der Waals surface area contributed by atoms with Crippen LogP contribution in [0.15, 0.2) is 88.6 Å². The minimum atomic E-state index is -2.51. The number of hydrogen-bond donors (Lipinski definition) is 0. The lowest BCUT2D eigenvalue weighted by molar-refractivity contribution is 0.851. The number of allylic oxidation sites excluding steroid dienone is 4. The summed E-state index contributed by atoms with van der Waals surface area (Å²) in [7, 11) is -2.51. The maximum absolute atomic E-state index is 2.51. The van der Waals surface area contributed by atoms with Crippen LogP contribution in [-0.2, 0) is 0 Å². The molecule has 0 amide bonds. The second-order valence-corrected chi connectivity index (χ2v) is 13.4. The molecule has 3 aromatic rings. The second-order valence-electron chi connectivity index (χ2n) is 9.68. The first-order valence-corrected chi connectivity index (χ1v) is 13.8. The molecule has 0 fully saturated rings. The summed E-state index contributed by atoms with van der Waals surface area (Å²) < 4.78 is 0. The van der Waals surface area contributed by atoms with E-state index >= 15 is 0 Å². The van der Waals surface area contributed by atoms with Gasteiger partial charge in [-0.1, -0.05) is 90.0 Å². The van der Waals surface area contributed by atoms with Crippen LogP contribution in [-0.4, -0.2) is 8.07 Å². The zero-order valence-electron chi connectivity index (χ0n) is 20.9. The molecule has 32 heavy (non-hydrogen) atoms. The summed E-state index contributed by atoms with van der Waals surface area (Å²) in [5.74, 6) is 0.446. The molecule has 1 unspecified atom stereocenters. The van der Waals surface area contributed by atoms with Gasteiger partial charge in [-0.15, -0.1) is 0 Å². The van der Waals surface area contributed by atoms with Crippen molar-refractivity contribution in [1.29, 1.82) is 0 Å². The second kappa shape index (κ2) is 8.37. The standard InChI is InChI=1S/C31H36Si/c1-20-14-12-18-29(22(20)3)32(28-16-10-9-11-17-28,30-19-13-15-21(2)23(30)4)31-26(7)24(5)25(6)27(31)8/h9-19,26H,1-8H3. The Morgan fingerprint density at radius 1 is 0.562 bits per heavy atom. The monoisotopic (exact) mass is 436 g/mol. The fourth-order valence-electron chi connectivity index (χ4n) is 5.87. The highest BCUT2D eigenvalue weighted by Crippen LogP contribution is 2.41. The maximum atomic E-state index is 2.44. The van der Waals surface area contributed by atoms with Crippen LogP contribution < -0.4 is 15.6 Å². The normalized spacial score (nSPS) is 16.8. The van der Waals surface area contributed by atoms with E-state index in [-0.39, 0.29) is 0 Å². The van der Waals surface area contributed by atoms with Gasteiger partial charge in [-0.25, -0.2) is 0 Å². The van der Waals surface area contributed by atoms with Gasteiger partial charge in [0.1, 0.15) is 0 Å². The first kappa shape index (κ1) is 22.5. The molecule has 0 aromatic heterocycles. The average molecular weight is 437 g/mol. The molecule has 3 aromatic carbocycles.